The fourth-order valence-corrected chi connectivity index (χ4v) is 2.37. The first-order valence-corrected chi connectivity index (χ1v) is 8.23. The van der Waals surface area contributed by atoms with Crippen LogP contribution in [-0.2, 0) is 11.0 Å². The van der Waals surface area contributed by atoms with Gasteiger partial charge in [-0.1, -0.05) is 42.0 Å². The van der Waals surface area contributed by atoms with Crippen LogP contribution in [0.15, 0.2) is 60.2 Å². The second-order valence-electron chi connectivity index (χ2n) is 5.44. The minimum absolute atomic E-state index is 0.0804. The van der Waals surface area contributed by atoms with Crippen LogP contribution in [0.5, 0.6) is 5.75 Å². The number of methoxy groups -OCH3 is 1. The van der Waals surface area contributed by atoms with Gasteiger partial charge in [0.25, 0.3) is 5.91 Å². The first-order chi connectivity index (χ1) is 13.3. The summed E-state index contributed by atoms with van der Waals surface area (Å²) in [7, 11) is 1.51. The number of anilines is 1. The number of hydrogen-bond acceptors (Lipinski definition) is 3. The van der Waals surface area contributed by atoms with Crippen molar-refractivity contribution in [1.29, 1.82) is 5.26 Å². The third kappa shape index (κ3) is 5.38. The van der Waals surface area contributed by atoms with Crippen molar-refractivity contribution in [2.45, 2.75) is 6.18 Å². The van der Waals surface area contributed by atoms with E-state index in [-0.39, 0.29) is 16.3 Å². The van der Waals surface area contributed by atoms with Gasteiger partial charge in [-0.2, -0.15) is 18.4 Å². The van der Waals surface area contributed by atoms with Crippen LogP contribution in [0.1, 0.15) is 11.1 Å². The highest BCUT2D eigenvalue weighted by Gasteiger charge is 2.31. The van der Waals surface area contributed by atoms with Crippen LogP contribution in [0, 0.1) is 11.3 Å². The molecule has 1 N–H and O–H groups in total. The van der Waals surface area contributed by atoms with Crippen LogP contribution in [0.3, 0.4) is 0 Å². The number of carbonyl (C=O) groups excluding carboxylic acids is 1. The molecule has 0 radical (unpaired) electrons. The molecule has 8 heteroatoms. The molecule has 2 aromatic rings. The maximum absolute atomic E-state index is 12.8. The Morgan fingerprint density at radius 1 is 1.25 bits per heavy atom. The molecule has 4 nitrogen and oxygen atoms in total. The lowest BCUT2D eigenvalue weighted by molar-refractivity contribution is -0.137. The Bertz CT molecular complexity index is 976. The molecule has 0 fully saturated rings. The molecule has 0 heterocycles. The fraction of sp³-hybridized carbons (Fsp3) is 0.100. The van der Waals surface area contributed by atoms with Crippen LogP contribution in [-0.4, -0.2) is 13.0 Å². The largest absolute Gasteiger partial charge is 0.496 e. The summed E-state index contributed by atoms with van der Waals surface area (Å²) in [6.07, 6.45) is -0.261. The predicted octanol–water partition coefficient (Wildman–Crippen LogP) is 5.47. The molecular formula is C20H14ClF3N2O2. The first-order valence-electron chi connectivity index (χ1n) is 7.86. The zero-order valence-electron chi connectivity index (χ0n) is 14.5. The second kappa shape index (κ2) is 9.11. The Kier molecular flexibility index (Phi) is 6.85. The SMILES string of the molecule is COc1ccccc1/C=C/C=C(/C#N)C(=O)Nc1cc(C(F)(F)F)ccc1Cl. The number of amides is 1. The average Bonchev–Trinajstić information content (AvgIpc) is 2.66. The van der Waals surface area contributed by atoms with Crippen LogP contribution in [0.2, 0.25) is 5.02 Å². The molecule has 0 atom stereocenters. The second-order valence-corrected chi connectivity index (χ2v) is 5.85. The lowest BCUT2D eigenvalue weighted by Crippen LogP contribution is -2.15. The van der Waals surface area contributed by atoms with E-state index in [0.717, 1.165) is 17.7 Å². The summed E-state index contributed by atoms with van der Waals surface area (Å²) in [4.78, 5) is 12.2. The average molecular weight is 407 g/mol. The van der Waals surface area contributed by atoms with Crippen molar-refractivity contribution in [3.8, 4) is 11.8 Å². The van der Waals surface area contributed by atoms with Crippen molar-refractivity contribution in [2.24, 2.45) is 0 Å². The summed E-state index contributed by atoms with van der Waals surface area (Å²) in [6.45, 7) is 0. The molecule has 0 aliphatic rings. The molecule has 1 amide bonds. The van der Waals surface area contributed by atoms with E-state index in [1.807, 2.05) is 0 Å². The van der Waals surface area contributed by atoms with E-state index in [4.69, 9.17) is 16.3 Å². The Labute approximate surface area is 164 Å². The van der Waals surface area contributed by atoms with E-state index in [0.29, 0.717) is 11.8 Å². The topological polar surface area (TPSA) is 62.1 Å². The maximum Gasteiger partial charge on any atom is 0.416 e. The number of carbonyl (C=O) groups is 1. The Balaban J connectivity index is 2.21. The number of benzene rings is 2. The van der Waals surface area contributed by atoms with E-state index < -0.39 is 17.6 Å². The number of nitrogens with zero attached hydrogens (tertiary/aromatic N) is 1. The normalized spacial score (nSPS) is 11.9. The quantitative estimate of drug-likeness (QED) is 0.407. The minimum Gasteiger partial charge on any atom is -0.496 e. The summed E-state index contributed by atoms with van der Waals surface area (Å²) in [5.74, 6) is -0.278. The highest BCUT2D eigenvalue weighted by Crippen LogP contribution is 2.34. The van der Waals surface area contributed by atoms with E-state index in [1.54, 1.807) is 36.4 Å². The van der Waals surface area contributed by atoms with Crippen molar-refractivity contribution in [3.05, 3.63) is 76.3 Å². The Morgan fingerprint density at radius 2 is 1.96 bits per heavy atom. The monoisotopic (exact) mass is 406 g/mol. The lowest BCUT2D eigenvalue weighted by Gasteiger charge is -2.11. The van der Waals surface area contributed by atoms with Gasteiger partial charge < -0.3 is 10.1 Å². The molecule has 144 valence electrons. The van der Waals surface area contributed by atoms with Crippen molar-refractivity contribution in [1.82, 2.24) is 0 Å². The number of halogens is 4. The van der Waals surface area contributed by atoms with E-state index in [9.17, 15) is 23.2 Å². The lowest BCUT2D eigenvalue weighted by atomic mass is 10.1. The number of nitrogens with one attached hydrogen (secondary N) is 1. The van der Waals surface area contributed by atoms with Crippen molar-refractivity contribution in [2.75, 3.05) is 12.4 Å². The van der Waals surface area contributed by atoms with Gasteiger partial charge in [0.05, 0.1) is 23.4 Å². The number of para-hydroxylation sites is 1. The summed E-state index contributed by atoms with van der Waals surface area (Å²) in [6, 6.07) is 11.3. The number of rotatable bonds is 5. The van der Waals surface area contributed by atoms with Crippen LogP contribution in [0.4, 0.5) is 18.9 Å². The van der Waals surface area contributed by atoms with E-state index in [2.05, 4.69) is 5.32 Å². The summed E-state index contributed by atoms with van der Waals surface area (Å²) >= 11 is 5.84. The highest BCUT2D eigenvalue weighted by atomic mass is 35.5. The van der Waals surface area contributed by atoms with E-state index in [1.165, 1.54) is 19.3 Å². The standard InChI is InChI=1S/C20H14ClF3N2O2/c1-28-18-8-3-2-5-13(18)6-4-7-14(12-25)19(27)26-17-11-15(20(22,23)24)9-10-16(17)21/h2-11H,1H3,(H,26,27)/b6-4+,14-7-. The smallest absolute Gasteiger partial charge is 0.416 e. The van der Waals surface area contributed by atoms with Crippen molar-refractivity contribution >= 4 is 29.3 Å². The van der Waals surface area contributed by atoms with Gasteiger partial charge in [-0.3, -0.25) is 4.79 Å². The molecule has 0 unspecified atom stereocenters. The number of alkyl halides is 3. The summed E-state index contributed by atoms with van der Waals surface area (Å²) in [5, 5.41) is 11.3. The summed E-state index contributed by atoms with van der Waals surface area (Å²) in [5.41, 5.74) is -0.790. The molecule has 0 aromatic heterocycles. The fourth-order valence-electron chi connectivity index (χ4n) is 2.20. The third-order valence-corrected chi connectivity index (χ3v) is 3.91. The van der Waals surface area contributed by atoms with Crippen LogP contribution >= 0.6 is 11.6 Å². The van der Waals surface area contributed by atoms with Crippen molar-refractivity contribution in [3.63, 3.8) is 0 Å². The molecule has 2 rings (SSSR count). The molecule has 0 aliphatic carbocycles. The number of ether oxygens (including phenoxy) is 1. The van der Waals surface area contributed by atoms with E-state index >= 15 is 0 Å². The third-order valence-electron chi connectivity index (χ3n) is 3.58. The maximum atomic E-state index is 12.8. The van der Waals surface area contributed by atoms with Crippen LogP contribution < -0.4 is 10.1 Å². The van der Waals surface area contributed by atoms with Gasteiger partial charge in [0.1, 0.15) is 17.4 Å². The Hall–Kier alpha value is -3.24. The first kappa shape index (κ1) is 21.1. The zero-order valence-corrected chi connectivity index (χ0v) is 15.3. The molecule has 2 aromatic carbocycles. The molecule has 0 saturated heterocycles. The zero-order chi connectivity index (χ0) is 20.7. The van der Waals surface area contributed by atoms with Gasteiger partial charge >= 0.3 is 6.18 Å². The molecule has 28 heavy (non-hydrogen) atoms. The Morgan fingerprint density at radius 3 is 2.61 bits per heavy atom. The van der Waals surface area contributed by atoms with Crippen molar-refractivity contribution < 1.29 is 22.7 Å². The number of nitriles is 1. The number of allylic oxidation sites excluding steroid dienone is 2. The van der Waals surface area contributed by atoms with Gasteiger partial charge in [-0.25, -0.2) is 0 Å². The molecule has 0 spiro atoms. The van der Waals surface area contributed by atoms with Gasteiger partial charge in [-0.05, 0) is 30.3 Å². The predicted molar refractivity (Wildman–Crippen MR) is 101 cm³/mol. The highest BCUT2D eigenvalue weighted by molar-refractivity contribution is 6.34. The molecule has 0 bridgehead atoms. The van der Waals surface area contributed by atoms with Gasteiger partial charge in [0, 0.05) is 5.56 Å². The molecule has 0 aliphatic heterocycles. The van der Waals surface area contributed by atoms with Gasteiger partial charge in [-0.15, -0.1) is 0 Å². The van der Waals surface area contributed by atoms with Crippen LogP contribution in [0.25, 0.3) is 6.08 Å². The molecular weight excluding hydrogens is 393 g/mol. The summed E-state index contributed by atoms with van der Waals surface area (Å²) < 4.78 is 43.6. The minimum atomic E-state index is -4.59. The molecule has 0 saturated carbocycles. The number of hydrogen-bond donors (Lipinski definition) is 1. The van der Waals surface area contributed by atoms with Gasteiger partial charge in [0.2, 0.25) is 0 Å². The van der Waals surface area contributed by atoms with Gasteiger partial charge in [0.15, 0.2) is 0 Å².